The first-order valence-corrected chi connectivity index (χ1v) is 6.26. The molecule has 0 N–H and O–H groups in total. The zero-order valence-electron chi connectivity index (χ0n) is 10.5. The summed E-state index contributed by atoms with van der Waals surface area (Å²) in [5.74, 6) is -0.433. The van der Waals surface area contributed by atoms with Gasteiger partial charge in [-0.3, -0.25) is 0 Å². The molecule has 0 amide bonds. The van der Waals surface area contributed by atoms with Crippen molar-refractivity contribution in [3.63, 3.8) is 0 Å². The summed E-state index contributed by atoms with van der Waals surface area (Å²) >= 11 is 0. The van der Waals surface area contributed by atoms with E-state index in [1.165, 1.54) is 0 Å². The molecule has 2 fully saturated rings. The Kier molecular flexibility index (Phi) is 2.73. The minimum atomic E-state index is -0.433. The Morgan fingerprint density at radius 1 is 1.33 bits per heavy atom. The van der Waals surface area contributed by atoms with Crippen LogP contribution in [0.2, 0.25) is 0 Å². The van der Waals surface area contributed by atoms with Crippen LogP contribution < -0.4 is 4.90 Å². The minimum absolute atomic E-state index is 0.433. The SMILES string of the molecule is Cc1ccc(N2CCC3(C2)OCCO3)c(C#N)c1. The van der Waals surface area contributed by atoms with Crippen molar-refractivity contribution < 1.29 is 9.47 Å². The van der Waals surface area contributed by atoms with Crippen LogP contribution in [0.3, 0.4) is 0 Å². The number of anilines is 1. The topological polar surface area (TPSA) is 45.5 Å². The summed E-state index contributed by atoms with van der Waals surface area (Å²) in [5, 5.41) is 9.22. The van der Waals surface area contributed by atoms with Crippen LogP contribution in [0, 0.1) is 18.3 Å². The first-order chi connectivity index (χ1) is 8.72. The number of rotatable bonds is 1. The molecule has 0 aromatic heterocycles. The van der Waals surface area contributed by atoms with Gasteiger partial charge in [-0.05, 0) is 24.6 Å². The number of aryl methyl sites for hydroxylation is 1. The first-order valence-electron chi connectivity index (χ1n) is 6.26. The molecule has 0 bridgehead atoms. The van der Waals surface area contributed by atoms with E-state index < -0.39 is 5.79 Å². The highest BCUT2D eigenvalue weighted by Gasteiger charge is 2.43. The molecule has 3 rings (SSSR count). The Labute approximate surface area is 107 Å². The van der Waals surface area contributed by atoms with Crippen LogP contribution in [0.4, 0.5) is 5.69 Å². The fourth-order valence-corrected chi connectivity index (χ4v) is 2.71. The maximum atomic E-state index is 9.22. The molecule has 2 saturated heterocycles. The third-order valence-electron chi connectivity index (χ3n) is 3.62. The molecule has 0 aliphatic carbocycles. The molecule has 4 heteroatoms. The van der Waals surface area contributed by atoms with Gasteiger partial charge in [0.1, 0.15) is 6.07 Å². The fraction of sp³-hybridized carbons (Fsp3) is 0.500. The van der Waals surface area contributed by atoms with Gasteiger partial charge in [0.15, 0.2) is 5.79 Å². The molecule has 0 radical (unpaired) electrons. The van der Waals surface area contributed by atoms with E-state index in [2.05, 4.69) is 11.0 Å². The molecule has 2 aliphatic heterocycles. The predicted molar refractivity (Wildman–Crippen MR) is 67.4 cm³/mol. The lowest BCUT2D eigenvalue weighted by atomic mass is 10.1. The summed E-state index contributed by atoms with van der Waals surface area (Å²) in [5.41, 5.74) is 2.82. The van der Waals surface area contributed by atoms with Crippen LogP contribution in [-0.2, 0) is 9.47 Å². The Hall–Kier alpha value is -1.57. The van der Waals surface area contributed by atoms with Crippen LogP contribution in [-0.4, -0.2) is 32.1 Å². The van der Waals surface area contributed by atoms with E-state index in [0.29, 0.717) is 19.8 Å². The smallest absolute Gasteiger partial charge is 0.187 e. The van der Waals surface area contributed by atoms with Crippen LogP contribution in [0.1, 0.15) is 17.5 Å². The van der Waals surface area contributed by atoms with Gasteiger partial charge in [0.05, 0.1) is 31.0 Å². The number of nitrogens with zero attached hydrogens (tertiary/aromatic N) is 2. The van der Waals surface area contributed by atoms with Gasteiger partial charge in [-0.2, -0.15) is 5.26 Å². The second kappa shape index (κ2) is 4.27. The zero-order valence-corrected chi connectivity index (χ0v) is 10.5. The number of nitriles is 1. The van der Waals surface area contributed by atoms with Crippen molar-refractivity contribution in [2.24, 2.45) is 0 Å². The number of benzene rings is 1. The maximum absolute atomic E-state index is 9.22. The van der Waals surface area contributed by atoms with Gasteiger partial charge in [-0.15, -0.1) is 0 Å². The van der Waals surface area contributed by atoms with Crippen molar-refractivity contribution >= 4 is 5.69 Å². The van der Waals surface area contributed by atoms with Gasteiger partial charge in [-0.1, -0.05) is 6.07 Å². The van der Waals surface area contributed by atoms with Crippen molar-refractivity contribution in [2.45, 2.75) is 19.1 Å². The molecule has 2 aliphatic rings. The third kappa shape index (κ3) is 1.86. The quantitative estimate of drug-likeness (QED) is 0.756. The lowest BCUT2D eigenvalue weighted by Crippen LogP contribution is -2.34. The highest BCUT2D eigenvalue weighted by atomic mass is 16.7. The van der Waals surface area contributed by atoms with Gasteiger partial charge in [0.2, 0.25) is 0 Å². The Balaban J connectivity index is 1.86. The molecule has 0 atom stereocenters. The van der Waals surface area contributed by atoms with Crippen LogP contribution in [0.25, 0.3) is 0 Å². The van der Waals surface area contributed by atoms with E-state index >= 15 is 0 Å². The highest BCUT2D eigenvalue weighted by molar-refractivity contribution is 5.61. The van der Waals surface area contributed by atoms with Crippen LogP contribution in [0.5, 0.6) is 0 Å². The lowest BCUT2D eigenvalue weighted by Gasteiger charge is -2.24. The molecule has 1 aromatic carbocycles. The molecule has 0 saturated carbocycles. The molecule has 1 aromatic rings. The summed E-state index contributed by atoms with van der Waals surface area (Å²) in [4.78, 5) is 2.18. The zero-order chi connectivity index (χ0) is 12.6. The van der Waals surface area contributed by atoms with Crippen LogP contribution in [0.15, 0.2) is 18.2 Å². The molecule has 1 spiro atoms. The first kappa shape index (κ1) is 11.5. The molecule has 2 heterocycles. The van der Waals surface area contributed by atoms with Gasteiger partial charge in [0.25, 0.3) is 0 Å². The minimum Gasteiger partial charge on any atom is -0.365 e. The Bertz CT molecular complexity index is 501. The largest absolute Gasteiger partial charge is 0.365 e. The summed E-state index contributed by atoms with van der Waals surface area (Å²) in [6, 6.07) is 8.25. The van der Waals surface area contributed by atoms with E-state index in [0.717, 1.165) is 29.8 Å². The van der Waals surface area contributed by atoms with Gasteiger partial charge in [-0.25, -0.2) is 0 Å². The summed E-state index contributed by atoms with van der Waals surface area (Å²) < 4.78 is 11.4. The average Bonchev–Trinajstić information content (AvgIpc) is 3.00. The maximum Gasteiger partial charge on any atom is 0.187 e. The number of ether oxygens (including phenoxy) is 2. The lowest BCUT2D eigenvalue weighted by molar-refractivity contribution is -0.137. The average molecular weight is 244 g/mol. The van der Waals surface area contributed by atoms with Crippen LogP contribution >= 0.6 is 0 Å². The van der Waals surface area contributed by atoms with Gasteiger partial charge in [0, 0.05) is 13.0 Å². The van der Waals surface area contributed by atoms with Crippen molar-refractivity contribution in [1.29, 1.82) is 5.26 Å². The summed E-state index contributed by atoms with van der Waals surface area (Å²) in [6.07, 6.45) is 0.867. The van der Waals surface area contributed by atoms with E-state index in [1.807, 2.05) is 25.1 Å². The standard InChI is InChI=1S/C14H16N2O2/c1-11-2-3-13(12(8-11)9-15)16-5-4-14(10-16)17-6-7-18-14/h2-3,8H,4-7,10H2,1H3. The molecule has 94 valence electrons. The molecular weight excluding hydrogens is 228 g/mol. The number of hydrogen-bond acceptors (Lipinski definition) is 4. The van der Waals surface area contributed by atoms with Crippen molar-refractivity contribution in [3.8, 4) is 6.07 Å². The van der Waals surface area contributed by atoms with E-state index in [9.17, 15) is 5.26 Å². The van der Waals surface area contributed by atoms with E-state index in [1.54, 1.807) is 0 Å². The molecule has 4 nitrogen and oxygen atoms in total. The fourth-order valence-electron chi connectivity index (χ4n) is 2.71. The monoisotopic (exact) mass is 244 g/mol. The molecular formula is C14H16N2O2. The summed E-state index contributed by atoms with van der Waals surface area (Å²) in [7, 11) is 0. The predicted octanol–water partition coefficient (Wildman–Crippen LogP) is 1.82. The van der Waals surface area contributed by atoms with Crippen molar-refractivity contribution in [3.05, 3.63) is 29.3 Å². The van der Waals surface area contributed by atoms with E-state index in [-0.39, 0.29) is 0 Å². The summed E-state index contributed by atoms with van der Waals surface area (Å²) in [6.45, 7) is 4.93. The van der Waals surface area contributed by atoms with Crippen molar-refractivity contribution in [2.75, 3.05) is 31.2 Å². The molecule has 0 unspecified atom stereocenters. The second-order valence-corrected chi connectivity index (χ2v) is 4.91. The third-order valence-corrected chi connectivity index (χ3v) is 3.62. The second-order valence-electron chi connectivity index (χ2n) is 4.91. The van der Waals surface area contributed by atoms with Crippen molar-refractivity contribution in [1.82, 2.24) is 0 Å². The normalized spacial score (nSPS) is 21.4. The Morgan fingerprint density at radius 2 is 2.11 bits per heavy atom. The Morgan fingerprint density at radius 3 is 2.83 bits per heavy atom. The molecule has 18 heavy (non-hydrogen) atoms. The van der Waals surface area contributed by atoms with E-state index in [4.69, 9.17) is 9.47 Å². The van der Waals surface area contributed by atoms with Gasteiger partial charge >= 0.3 is 0 Å². The van der Waals surface area contributed by atoms with Gasteiger partial charge < -0.3 is 14.4 Å². The highest BCUT2D eigenvalue weighted by Crippen LogP contribution is 2.34. The number of hydrogen-bond donors (Lipinski definition) is 0.